The van der Waals surface area contributed by atoms with Gasteiger partial charge in [0.25, 0.3) is 0 Å². The molecule has 1 N–H and O–H groups in total. The molecule has 22 heavy (non-hydrogen) atoms. The van der Waals surface area contributed by atoms with Gasteiger partial charge in [-0.1, -0.05) is 24.3 Å². The topological polar surface area (TPSA) is 33.1 Å². The van der Waals surface area contributed by atoms with E-state index in [4.69, 9.17) is 5.10 Å². The van der Waals surface area contributed by atoms with Gasteiger partial charge in [-0.15, -0.1) is 0 Å². The van der Waals surface area contributed by atoms with E-state index in [2.05, 4.69) is 52.3 Å². The first-order chi connectivity index (χ1) is 10.8. The summed E-state index contributed by atoms with van der Waals surface area (Å²) in [6, 6.07) is 11.7. The zero-order chi connectivity index (χ0) is 14.9. The lowest BCUT2D eigenvalue weighted by atomic mass is 9.87. The maximum atomic E-state index is 4.78. The Kier molecular flexibility index (Phi) is 3.72. The second kappa shape index (κ2) is 5.86. The summed E-state index contributed by atoms with van der Waals surface area (Å²) < 4.78 is 2.16. The average molecular weight is 296 g/mol. The second-order valence-electron chi connectivity index (χ2n) is 6.55. The van der Waals surface area contributed by atoms with Crippen LogP contribution in [0.4, 0.5) is 0 Å². The van der Waals surface area contributed by atoms with E-state index in [1.807, 2.05) is 0 Å². The van der Waals surface area contributed by atoms with E-state index in [1.165, 1.54) is 41.8 Å². The van der Waals surface area contributed by atoms with Gasteiger partial charge in [0.05, 0.1) is 17.9 Å². The fraction of sp³-hybridized carbons (Fsp3) is 0.500. The highest BCUT2D eigenvalue weighted by Gasteiger charge is 2.24. The van der Waals surface area contributed by atoms with E-state index >= 15 is 0 Å². The minimum absolute atomic E-state index is 0.529. The van der Waals surface area contributed by atoms with Gasteiger partial charge < -0.3 is 5.32 Å². The minimum Gasteiger partial charge on any atom is -0.309 e. The van der Waals surface area contributed by atoms with Crippen molar-refractivity contribution in [3.63, 3.8) is 0 Å². The lowest BCUT2D eigenvalue weighted by Crippen LogP contribution is -2.28. The van der Waals surface area contributed by atoms with Crippen LogP contribution >= 0.6 is 0 Å². The molecule has 1 aromatic carbocycles. The molecule has 1 aromatic heterocycles. The molecule has 0 saturated carbocycles. The summed E-state index contributed by atoms with van der Waals surface area (Å²) in [5, 5.41) is 8.19. The molecule has 0 bridgehead atoms. The average Bonchev–Trinajstić information content (AvgIpc) is 2.96. The molecule has 4 heteroatoms. The highest BCUT2D eigenvalue weighted by atomic mass is 15.3. The molecule has 0 spiro atoms. The van der Waals surface area contributed by atoms with Crippen LogP contribution in [0.15, 0.2) is 30.3 Å². The molecule has 4 nitrogen and oxygen atoms in total. The molecule has 2 aromatic rings. The van der Waals surface area contributed by atoms with E-state index in [1.54, 1.807) is 0 Å². The summed E-state index contributed by atoms with van der Waals surface area (Å²) in [4.78, 5) is 2.47. The molecule has 2 aliphatic rings. The number of benzene rings is 1. The summed E-state index contributed by atoms with van der Waals surface area (Å²) in [5.74, 6) is 0. The smallest absolute Gasteiger partial charge is 0.0768 e. The van der Waals surface area contributed by atoms with Crippen LogP contribution < -0.4 is 5.32 Å². The van der Waals surface area contributed by atoms with Gasteiger partial charge in [0.1, 0.15) is 0 Å². The van der Waals surface area contributed by atoms with Crippen molar-refractivity contribution in [3.8, 4) is 0 Å². The largest absolute Gasteiger partial charge is 0.309 e. The fourth-order valence-electron chi connectivity index (χ4n) is 3.88. The number of nitrogens with one attached hydrogen (secondary N) is 1. The Balaban J connectivity index is 1.53. The third-order valence-corrected chi connectivity index (χ3v) is 5.00. The maximum Gasteiger partial charge on any atom is 0.0768 e. The third kappa shape index (κ3) is 2.57. The summed E-state index contributed by atoms with van der Waals surface area (Å²) in [7, 11) is 2.24. The Morgan fingerprint density at radius 2 is 2.27 bits per heavy atom. The van der Waals surface area contributed by atoms with Crippen molar-refractivity contribution in [2.75, 3.05) is 13.6 Å². The lowest BCUT2D eigenvalue weighted by molar-refractivity contribution is 0.210. The van der Waals surface area contributed by atoms with Gasteiger partial charge in [-0.05, 0) is 43.5 Å². The van der Waals surface area contributed by atoms with Crippen LogP contribution in [0.25, 0.3) is 0 Å². The predicted octanol–water partition coefficient (Wildman–Crippen LogP) is 2.50. The van der Waals surface area contributed by atoms with Crippen molar-refractivity contribution in [1.29, 1.82) is 0 Å². The van der Waals surface area contributed by atoms with Gasteiger partial charge in [0.2, 0.25) is 0 Å². The normalized spacial score (nSPS) is 20.7. The van der Waals surface area contributed by atoms with Crippen LogP contribution in [0.2, 0.25) is 0 Å². The van der Waals surface area contributed by atoms with Crippen molar-refractivity contribution >= 4 is 0 Å². The Hall–Kier alpha value is -1.65. The first-order valence-electron chi connectivity index (χ1n) is 8.35. The quantitative estimate of drug-likeness (QED) is 0.944. The van der Waals surface area contributed by atoms with Crippen molar-refractivity contribution in [3.05, 3.63) is 52.8 Å². The molecular formula is C18H24N4. The number of aryl methyl sites for hydroxylation is 1. The molecule has 0 saturated heterocycles. The molecule has 4 rings (SSSR count). The molecule has 1 aliphatic heterocycles. The van der Waals surface area contributed by atoms with Crippen molar-refractivity contribution in [1.82, 2.24) is 20.0 Å². The zero-order valence-corrected chi connectivity index (χ0v) is 13.3. The van der Waals surface area contributed by atoms with Gasteiger partial charge in [0.15, 0.2) is 0 Å². The van der Waals surface area contributed by atoms with Crippen LogP contribution in [0, 0.1) is 0 Å². The highest BCUT2D eigenvalue weighted by molar-refractivity contribution is 5.32. The van der Waals surface area contributed by atoms with Crippen LogP contribution in [0.1, 0.15) is 41.4 Å². The standard InChI is InChI=1S/C18H24N4/c1-21(13-15-11-16-12-19-9-10-22(16)20-15)18-8-4-6-14-5-2-3-7-17(14)18/h2-3,5,7,11,18-19H,4,6,8-10,12-13H2,1H3/t18-/m0/s1. The number of fused-ring (bicyclic) bond motifs is 2. The minimum atomic E-state index is 0.529. The Labute approximate surface area is 132 Å². The Morgan fingerprint density at radius 1 is 1.36 bits per heavy atom. The molecule has 2 heterocycles. The van der Waals surface area contributed by atoms with Crippen LogP contribution in [0.3, 0.4) is 0 Å². The maximum absolute atomic E-state index is 4.78. The van der Waals surface area contributed by atoms with Crippen LogP contribution in [-0.2, 0) is 26.1 Å². The van der Waals surface area contributed by atoms with Gasteiger partial charge >= 0.3 is 0 Å². The van der Waals surface area contributed by atoms with E-state index in [0.29, 0.717) is 6.04 Å². The fourth-order valence-corrected chi connectivity index (χ4v) is 3.88. The van der Waals surface area contributed by atoms with Crippen molar-refractivity contribution < 1.29 is 0 Å². The first kappa shape index (κ1) is 14.0. The first-order valence-corrected chi connectivity index (χ1v) is 8.35. The molecule has 0 unspecified atom stereocenters. The van der Waals surface area contributed by atoms with Gasteiger partial charge in [-0.3, -0.25) is 9.58 Å². The van der Waals surface area contributed by atoms with Crippen LogP contribution in [-0.4, -0.2) is 28.3 Å². The highest BCUT2D eigenvalue weighted by Crippen LogP contribution is 2.34. The van der Waals surface area contributed by atoms with E-state index in [9.17, 15) is 0 Å². The van der Waals surface area contributed by atoms with E-state index in [-0.39, 0.29) is 0 Å². The van der Waals surface area contributed by atoms with Gasteiger partial charge in [-0.25, -0.2) is 0 Å². The summed E-state index contributed by atoms with van der Waals surface area (Å²) >= 11 is 0. The molecular weight excluding hydrogens is 272 g/mol. The second-order valence-corrected chi connectivity index (χ2v) is 6.55. The predicted molar refractivity (Wildman–Crippen MR) is 87.5 cm³/mol. The lowest BCUT2D eigenvalue weighted by Gasteiger charge is -2.32. The molecule has 0 radical (unpaired) electrons. The van der Waals surface area contributed by atoms with E-state index < -0.39 is 0 Å². The molecule has 0 fully saturated rings. The van der Waals surface area contributed by atoms with Gasteiger partial charge in [0, 0.05) is 25.7 Å². The molecule has 1 atom stereocenters. The van der Waals surface area contributed by atoms with Crippen molar-refractivity contribution in [2.24, 2.45) is 0 Å². The number of nitrogens with zero attached hydrogens (tertiary/aromatic N) is 3. The molecule has 0 amide bonds. The number of hydrogen-bond donors (Lipinski definition) is 1. The van der Waals surface area contributed by atoms with Crippen molar-refractivity contribution in [2.45, 2.75) is 44.9 Å². The Morgan fingerprint density at radius 3 is 3.18 bits per heavy atom. The number of hydrogen-bond acceptors (Lipinski definition) is 3. The molecule has 116 valence electrons. The Bertz CT molecular complexity index is 637. The zero-order valence-electron chi connectivity index (χ0n) is 13.3. The van der Waals surface area contributed by atoms with Crippen LogP contribution in [0.5, 0.6) is 0 Å². The number of aromatic nitrogens is 2. The molecule has 1 aliphatic carbocycles. The monoisotopic (exact) mass is 296 g/mol. The summed E-state index contributed by atoms with van der Waals surface area (Å²) in [5.41, 5.74) is 5.56. The SMILES string of the molecule is CN(Cc1cc2n(n1)CCNC2)[C@H]1CCCc2ccccc21. The number of rotatable bonds is 3. The van der Waals surface area contributed by atoms with E-state index in [0.717, 1.165) is 26.2 Å². The third-order valence-electron chi connectivity index (χ3n) is 5.00. The summed E-state index contributed by atoms with van der Waals surface area (Å²) in [6.07, 6.45) is 3.77. The summed E-state index contributed by atoms with van der Waals surface area (Å²) in [6.45, 7) is 3.90. The van der Waals surface area contributed by atoms with Gasteiger partial charge in [-0.2, -0.15) is 5.10 Å².